The lowest BCUT2D eigenvalue weighted by atomic mass is 9.94. The fourth-order valence-corrected chi connectivity index (χ4v) is 4.04. The van der Waals surface area contributed by atoms with Gasteiger partial charge in [-0.1, -0.05) is 17.4 Å². The lowest BCUT2D eigenvalue weighted by Gasteiger charge is -2.20. The van der Waals surface area contributed by atoms with Crippen LogP contribution in [0.5, 0.6) is 0 Å². The van der Waals surface area contributed by atoms with E-state index in [4.69, 9.17) is 5.11 Å². The van der Waals surface area contributed by atoms with Gasteiger partial charge >= 0.3 is 18.2 Å². The second kappa shape index (κ2) is 9.02. The third kappa shape index (κ3) is 5.09. The average Bonchev–Trinajstić information content (AvgIpc) is 3.16. The van der Waals surface area contributed by atoms with E-state index >= 15 is 0 Å². The number of carboxylic acids is 1. The van der Waals surface area contributed by atoms with Crippen LogP contribution in [-0.2, 0) is 0 Å². The first kappa shape index (κ1) is 23.0. The van der Waals surface area contributed by atoms with E-state index < -0.39 is 41.2 Å². The second-order valence-corrected chi connectivity index (χ2v) is 8.01. The molecule has 0 saturated heterocycles. The second-order valence-electron chi connectivity index (χ2n) is 6.98. The van der Waals surface area contributed by atoms with Gasteiger partial charge in [0.15, 0.2) is 5.13 Å². The van der Waals surface area contributed by atoms with Crippen LogP contribution in [-0.4, -0.2) is 38.5 Å². The molecule has 8 nitrogen and oxygen atoms in total. The molecule has 0 aliphatic rings. The van der Waals surface area contributed by atoms with Crippen LogP contribution in [0, 0.1) is 5.82 Å². The predicted molar refractivity (Wildman–Crippen MR) is 116 cm³/mol. The number of nitrogens with one attached hydrogen (secondary N) is 2. The Morgan fingerprint density at radius 1 is 1.03 bits per heavy atom. The zero-order valence-corrected chi connectivity index (χ0v) is 17.6. The molecule has 0 bridgehead atoms. The minimum Gasteiger partial charge on any atom is -0.478 e. The number of urea groups is 1. The first-order valence-electron chi connectivity index (χ1n) is 9.47. The number of benzene rings is 2. The van der Waals surface area contributed by atoms with Gasteiger partial charge < -0.3 is 10.4 Å². The molecule has 1 unspecified atom stereocenters. The molecule has 3 N–H and O–H groups in total. The van der Waals surface area contributed by atoms with Gasteiger partial charge in [0.1, 0.15) is 11.7 Å². The smallest absolute Gasteiger partial charge is 0.401 e. The molecule has 13 heteroatoms. The maximum Gasteiger partial charge on any atom is 0.401 e. The molecular weight excluding hydrogens is 478 g/mol. The molecule has 0 saturated carbocycles. The summed E-state index contributed by atoms with van der Waals surface area (Å²) >= 11 is 0.944. The fourth-order valence-electron chi connectivity index (χ4n) is 3.14. The van der Waals surface area contributed by atoms with Crippen molar-refractivity contribution in [3.8, 4) is 0 Å². The van der Waals surface area contributed by atoms with Gasteiger partial charge in [-0.15, -0.1) is 0 Å². The number of thiazole rings is 1. The summed E-state index contributed by atoms with van der Waals surface area (Å²) in [5, 5.41) is 21.1. The van der Waals surface area contributed by atoms with Crippen LogP contribution < -0.4 is 10.6 Å². The average molecular weight is 491 g/mol. The van der Waals surface area contributed by atoms with Gasteiger partial charge in [0.25, 0.3) is 0 Å². The summed E-state index contributed by atoms with van der Waals surface area (Å²) in [7, 11) is 0. The summed E-state index contributed by atoms with van der Waals surface area (Å²) in [6.07, 6.45) is -3.92. The summed E-state index contributed by atoms with van der Waals surface area (Å²) in [6.45, 7) is 0. The van der Waals surface area contributed by atoms with Gasteiger partial charge in [-0.25, -0.2) is 19.0 Å². The molecule has 4 rings (SSSR count). The van der Waals surface area contributed by atoms with Gasteiger partial charge in [-0.05, 0) is 48.0 Å². The van der Waals surface area contributed by atoms with Crippen molar-refractivity contribution < 1.29 is 32.3 Å². The number of carbonyl (C=O) groups is 2. The monoisotopic (exact) mass is 491 g/mol. The Balaban J connectivity index is 1.61. The number of carboxylic acid groups (broad SMARTS) is 1. The fraction of sp³-hybridized carbons (Fsp3) is 0.0952. The molecule has 0 aliphatic heterocycles. The number of aromatic carboxylic acids is 1. The zero-order chi connectivity index (χ0) is 24.5. The van der Waals surface area contributed by atoms with Crippen LogP contribution in [0.1, 0.15) is 27.5 Å². The molecule has 174 valence electrons. The number of hydrogen-bond donors (Lipinski definition) is 3. The molecule has 0 fully saturated rings. The number of hydrogen-bond acceptors (Lipinski definition) is 6. The Morgan fingerprint density at radius 2 is 1.76 bits per heavy atom. The Kier molecular flexibility index (Phi) is 6.11. The van der Waals surface area contributed by atoms with E-state index in [1.165, 1.54) is 42.5 Å². The number of carbonyl (C=O) groups excluding carboxylic acids is 1. The molecule has 0 radical (unpaired) electrons. The van der Waals surface area contributed by atoms with E-state index in [2.05, 4.69) is 25.8 Å². The Bertz CT molecular complexity index is 1380. The Morgan fingerprint density at radius 3 is 2.44 bits per heavy atom. The van der Waals surface area contributed by atoms with Crippen molar-refractivity contribution in [1.29, 1.82) is 0 Å². The van der Waals surface area contributed by atoms with Crippen molar-refractivity contribution in [3.63, 3.8) is 0 Å². The molecular formula is C21H13F4N5O3S. The van der Waals surface area contributed by atoms with Crippen molar-refractivity contribution in [2.75, 3.05) is 10.6 Å². The van der Waals surface area contributed by atoms with E-state index in [0.717, 1.165) is 23.6 Å². The summed E-state index contributed by atoms with van der Waals surface area (Å²) in [5.41, 5.74) is -0.495. The van der Waals surface area contributed by atoms with E-state index in [1.807, 2.05) is 0 Å². The highest BCUT2D eigenvalue weighted by Crippen LogP contribution is 2.41. The van der Waals surface area contributed by atoms with Crippen LogP contribution in [0.25, 0.3) is 10.2 Å². The SMILES string of the molecule is O=C(Nc1ccc(F)cc1)Nc1nc2ccc(C(c3cc(C(=O)O)cnn3)C(F)(F)F)cc2s1. The van der Waals surface area contributed by atoms with Crippen LogP contribution in [0.3, 0.4) is 0 Å². The van der Waals surface area contributed by atoms with Gasteiger partial charge in [0.2, 0.25) is 0 Å². The molecule has 0 aliphatic carbocycles. The van der Waals surface area contributed by atoms with Crippen LogP contribution in [0.2, 0.25) is 0 Å². The van der Waals surface area contributed by atoms with Gasteiger partial charge in [-0.3, -0.25) is 5.32 Å². The lowest BCUT2D eigenvalue weighted by molar-refractivity contribution is -0.142. The first-order chi connectivity index (χ1) is 16.1. The number of aromatic nitrogens is 3. The highest BCUT2D eigenvalue weighted by molar-refractivity contribution is 7.22. The number of anilines is 2. The van der Waals surface area contributed by atoms with Crippen molar-refractivity contribution in [2.24, 2.45) is 0 Å². The topological polar surface area (TPSA) is 117 Å². The van der Waals surface area contributed by atoms with Crippen molar-refractivity contribution in [1.82, 2.24) is 15.2 Å². The highest BCUT2D eigenvalue weighted by atomic mass is 32.1. The Hall–Kier alpha value is -4.13. The van der Waals surface area contributed by atoms with Gasteiger partial charge in [0.05, 0.1) is 27.7 Å². The standard InChI is InChI=1S/C21H13F4N5O3S/c22-12-2-4-13(5-3-12)27-19(33)29-20-28-14-6-1-10(8-16(14)34-20)17(21(23,24)25)15-7-11(18(31)32)9-26-30-15/h1-9,17H,(H,31,32)(H2,27,28,29,33). The van der Waals surface area contributed by atoms with E-state index in [1.54, 1.807) is 0 Å². The molecule has 2 aromatic carbocycles. The third-order valence-corrected chi connectivity index (χ3v) is 5.55. The maximum absolute atomic E-state index is 13.9. The summed E-state index contributed by atoms with van der Waals surface area (Å²) < 4.78 is 55.1. The van der Waals surface area contributed by atoms with Crippen LogP contribution in [0.15, 0.2) is 54.7 Å². The highest BCUT2D eigenvalue weighted by Gasteiger charge is 2.43. The van der Waals surface area contributed by atoms with Crippen molar-refractivity contribution >= 4 is 44.4 Å². The van der Waals surface area contributed by atoms with Crippen LogP contribution >= 0.6 is 11.3 Å². The zero-order valence-electron chi connectivity index (χ0n) is 16.8. The maximum atomic E-state index is 13.9. The lowest BCUT2D eigenvalue weighted by Crippen LogP contribution is -2.23. The van der Waals surface area contributed by atoms with E-state index in [9.17, 15) is 27.2 Å². The molecule has 2 aromatic heterocycles. The van der Waals surface area contributed by atoms with Gasteiger partial charge in [0, 0.05) is 5.69 Å². The molecule has 0 spiro atoms. The molecule has 2 heterocycles. The minimum absolute atomic E-state index is 0.128. The number of amides is 2. The number of alkyl halides is 3. The van der Waals surface area contributed by atoms with E-state index in [0.29, 0.717) is 15.9 Å². The predicted octanol–water partition coefficient (Wildman–Crippen LogP) is 5.26. The summed E-state index contributed by atoms with van der Waals surface area (Å²) in [4.78, 5) is 27.5. The molecule has 34 heavy (non-hydrogen) atoms. The number of halogens is 4. The van der Waals surface area contributed by atoms with Crippen molar-refractivity contribution in [2.45, 2.75) is 12.1 Å². The summed E-state index contributed by atoms with van der Waals surface area (Å²) in [5.74, 6) is -4.11. The molecule has 2 amide bonds. The normalized spacial score (nSPS) is 12.4. The number of rotatable bonds is 5. The van der Waals surface area contributed by atoms with Gasteiger partial charge in [-0.2, -0.15) is 23.4 Å². The van der Waals surface area contributed by atoms with Crippen molar-refractivity contribution in [3.05, 3.63) is 77.4 Å². The quantitative estimate of drug-likeness (QED) is 0.328. The number of nitrogens with zero attached hydrogens (tertiary/aromatic N) is 3. The molecule has 4 aromatic rings. The van der Waals surface area contributed by atoms with E-state index in [-0.39, 0.29) is 10.7 Å². The summed E-state index contributed by atoms with van der Waals surface area (Å²) in [6, 6.07) is 9.04. The number of fused-ring (bicyclic) bond motifs is 1. The first-order valence-corrected chi connectivity index (χ1v) is 10.3. The Labute approximate surface area is 192 Å². The third-order valence-electron chi connectivity index (χ3n) is 4.61. The van der Waals surface area contributed by atoms with Crippen LogP contribution in [0.4, 0.5) is 33.2 Å². The molecule has 1 atom stereocenters. The minimum atomic E-state index is -4.78. The largest absolute Gasteiger partial charge is 0.478 e.